The van der Waals surface area contributed by atoms with Crippen molar-refractivity contribution in [1.29, 1.82) is 0 Å². The maximum atomic E-state index is 11.6. The number of carbonyl (C=O) groups excluding carboxylic acids is 1. The van der Waals surface area contributed by atoms with Crippen LogP contribution in [0, 0.1) is 0 Å². The normalized spacial score (nSPS) is 10.1. The van der Waals surface area contributed by atoms with Gasteiger partial charge in [0.2, 0.25) is 0 Å². The van der Waals surface area contributed by atoms with Crippen LogP contribution in [0.3, 0.4) is 0 Å². The van der Waals surface area contributed by atoms with Gasteiger partial charge in [-0.25, -0.2) is 4.79 Å². The van der Waals surface area contributed by atoms with Crippen molar-refractivity contribution in [3.05, 3.63) is 60.2 Å². The molecule has 0 amide bonds. The highest BCUT2D eigenvalue weighted by Gasteiger charge is 2.20. The molecular weight excluding hydrogens is 232 g/mol. The van der Waals surface area contributed by atoms with Gasteiger partial charge < -0.3 is 9.84 Å². The second-order valence-corrected chi connectivity index (χ2v) is 3.64. The van der Waals surface area contributed by atoms with E-state index in [1.165, 1.54) is 6.20 Å². The molecule has 1 aromatic carbocycles. The summed E-state index contributed by atoms with van der Waals surface area (Å²) < 4.78 is 6.28. The fraction of sp³-hybridized carbons (Fsp3) is 0.154. The van der Waals surface area contributed by atoms with Crippen LogP contribution in [-0.4, -0.2) is 22.9 Å². The SMILES string of the molecule is O=C(OCO)c1cncc[n+]1Cc1ccccc1. The highest BCUT2D eigenvalue weighted by Crippen LogP contribution is 1.99. The Morgan fingerprint density at radius 1 is 1.33 bits per heavy atom. The Hall–Kier alpha value is -2.27. The summed E-state index contributed by atoms with van der Waals surface area (Å²) in [5.41, 5.74) is 1.36. The first kappa shape index (κ1) is 12.2. The van der Waals surface area contributed by atoms with E-state index >= 15 is 0 Å². The van der Waals surface area contributed by atoms with Gasteiger partial charge in [-0.15, -0.1) is 0 Å². The van der Waals surface area contributed by atoms with Gasteiger partial charge in [0, 0.05) is 5.56 Å². The van der Waals surface area contributed by atoms with E-state index in [1.807, 2.05) is 30.3 Å². The van der Waals surface area contributed by atoms with E-state index in [1.54, 1.807) is 17.0 Å². The van der Waals surface area contributed by atoms with Gasteiger partial charge in [0.1, 0.15) is 6.20 Å². The summed E-state index contributed by atoms with van der Waals surface area (Å²) in [5.74, 6) is -0.596. The first-order valence-corrected chi connectivity index (χ1v) is 5.46. The molecular formula is C13H13N2O3+. The largest absolute Gasteiger partial charge is 0.431 e. The molecule has 2 rings (SSSR count). The molecule has 1 N–H and O–H groups in total. The van der Waals surface area contributed by atoms with Crippen molar-refractivity contribution in [1.82, 2.24) is 4.98 Å². The van der Waals surface area contributed by atoms with Gasteiger partial charge in [-0.2, -0.15) is 4.57 Å². The second-order valence-electron chi connectivity index (χ2n) is 3.64. The molecule has 0 spiro atoms. The quantitative estimate of drug-likeness (QED) is 0.484. The van der Waals surface area contributed by atoms with Gasteiger partial charge in [-0.3, -0.25) is 4.98 Å². The van der Waals surface area contributed by atoms with Crippen LogP contribution in [0.4, 0.5) is 0 Å². The Kier molecular flexibility index (Phi) is 3.98. The lowest BCUT2D eigenvalue weighted by Crippen LogP contribution is -2.41. The number of hydrogen-bond donors (Lipinski definition) is 1. The number of aromatic nitrogens is 2. The molecule has 0 atom stereocenters. The predicted octanol–water partition coefficient (Wildman–Crippen LogP) is 0.524. The van der Waals surface area contributed by atoms with Crippen molar-refractivity contribution in [3.8, 4) is 0 Å². The van der Waals surface area contributed by atoms with Crippen LogP contribution < -0.4 is 4.57 Å². The number of esters is 1. The highest BCUT2D eigenvalue weighted by molar-refractivity contribution is 5.85. The number of hydrogen-bond acceptors (Lipinski definition) is 4. The van der Waals surface area contributed by atoms with Crippen LogP contribution in [0.25, 0.3) is 0 Å². The summed E-state index contributed by atoms with van der Waals surface area (Å²) in [6, 6.07) is 9.73. The molecule has 92 valence electrons. The summed E-state index contributed by atoms with van der Waals surface area (Å²) in [6.07, 6.45) is 4.71. The fourth-order valence-corrected chi connectivity index (χ4v) is 1.61. The van der Waals surface area contributed by atoms with Crippen molar-refractivity contribution in [2.75, 3.05) is 6.79 Å². The van der Waals surface area contributed by atoms with Crippen LogP contribution in [0.1, 0.15) is 16.1 Å². The van der Waals surface area contributed by atoms with Gasteiger partial charge in [-0.1, -0.05) is 30.3 Å². The molecule has 5 nitrogen and oxygen atoms in total. The number of aliphatic hydroxyl groups is 1. The number of ether oxygens (including phenoxy) is 1. The number of aliphatic hydroxyl groups excluding tert-OH is 1. The van der Waals surface area contributed by atoms with Crippen molar-refractivity contribution >= 4 is 5.97 Å². The molecule has 1 aromatic heterocycles. The third-order valence-corrected chi connectivity index (χ3v) is 2.44. The molecule has 0 saturated heterocycles. The third kappa shape index (κ3) is 2.89. The molecule has 0 bridgehead atoms. The van der Waals surface area contributed by atoms with E-state index in [4.69, 9.17) is 5.11 Å². The van der Waals surface area contributed by atoms with Gasteiger partial charge in [0.15, 0.2) is 19.5 Å². The Balaban J connectivity index is 2.25. The maximum Gasteiger partial charge on any atom is 0.407 e. The fourth-order valence-electron chi connectivity index (χ4n) is 1.61. The zero-order chi connectivity index (χ0) is 12.8. The van der Waals surface area contributed by atoms with Crippen molar-refractivity contribution in [2.45, 2.75) is 6.54 Å². The molecule has 5 heteroatoms. The minimum atomic E-state index is -0.640. The van der Waals surface area contributed by atoms with E-state index in [2.05, 4.69) is 9.72 Å². The maximum absolute atomic E-state index is 11.6. The number of nitrogens with zero attached hydrogens (tertiary/aromatic N) is 2. The second kappa shape index (κ2) is 5.88. The molecule has 0 aliphatic heterocycles. The molecule has 0 aliphatic carbocycles. The van der Waals surface area contributed by atoms with E-state index in [0.717, 1.165) is 5.56 Å². The molecule has 0 saturated carbocycles. The lowest BCUT2D eigenvalue weighted by Gasteiger charge is -2.02. The first-order chi connectivity index (χ1) is 8.81. The summed E-state index contributed by atoms with van der Waals surface area (Å²) in [4.78, 5) is 15.5. The molecule has 0 aliphatic rings. The molecule has 1 heterocycles. The summed E-state index contributed by atoms with van der Waals surface area (Å²) in [6.45, 7) is -0.0989. The van der Waals surface area contributed by atoms with Crippen LogP contribution in [0.2, 0.25) is 0 Å². The average Bonchev–Trinajstić information content (AvgIpc) is 2.41. The number of rotatable bonds is 4. The monoisotopic (exact) mass is 245 g/mol. The summed E-state index contributed by atoms with van der Waals surface area (Å²) in [7, 11) is 0. The van der Waals surface area contributed by atoms with Gasteiger partial charge in [0.05, 0.1) is 6.20 Å². The molecule has 0 unspecified atom stereocenters. The van der Waals surface area contributed by atoms with E-state index in [-0.39, 0.29) is 0 Å². The molecule has 18 heavy (non-hydrogen) atoms. The van der Waals surface area contributed by atoms with Gasteiger partial charge in [-0.05, 0) is 0 Å². The van der Waals surface area contributed by atoms with Gasteiger partial charge in [0.25, 0.3) is 0 Å². The zero-order valence-corrected chi connectivity index (χ0v) is 9.69. The van der Waals surface area contributed by atoms with Gasteiger partial charge >= 0.3 is 11.7 Å². The highest BCUT2D eigenvalue weighted by atomic mass is 16.6. The predicted molar refractivity (Wildman–Crippen MR) is 62.5 cm³/mol. The molecule has 2 aromatic rings. The minimum absolute atomic E-state index is 0.301. The van der Waals surface area contributed by atoms with Crippen LogP contribution in [0.5, 0.6) is 0 Å². The Morgan fingerprint density at radius 3 is 2.83 bits per heavy atom. The first-order valence-electron chi connectivity index (χ1n) is 5.46. The molecule has 0 fully saturated rings. The summed E-state index contributed by atoms with van der Waals surface area (Å²) in [5, 5.41) is 8.61. The number of carbonyl (C=O) groups is 1. The van der Waals surface area contributed by atoms with Crippen molar-refractivity contribution in [3.63, 3.8) is 0 Å². The van der Waals surface area contributed by atoms with Crippen LogP contribution >= 0.6 is 0 Å². The number of benzene rings is 1. The van der Waals surface area contributed by atoms with Crippen molar-refractivity contribution < 1.29 is 19.2 Å². The lowest BCUT2D eigenvalue weighted by atomic mass is 10.2. The van der Waals surface area contributed by atoms with Crippen LogP contribution in [-0.2, 0) is 11.3 Å². The third-order valence-electron chi connectivity index (χ3n) is 2.44. The topological polar surface area (TPSA) is 63.3 Å². The molecule has 0 radical (unpaired) electrons. The van der Waals surface area contributed by atoms with Crippen LogP contribution in [0.15, 0.2) is 48.9 Å². The van der Waals surface area contributed by atoms with E-state index in [0.29, 0.717) is 12.2 Å². The van der Waals surface area contributed by atoms with E-state index < -0.39 is 12.8 Å². The lowest BCUT2D eigenvalue weighted by molar-refractivity contribution is -0.691. The Morgan fingerprint density at radius 2 is 2.11 bits per heavy atom. The minimum Gasteiger partial charge on any atom is -0.431 e. The average molecular weight is 245 g/mol. The summed E-state index contributed by atoms with van der Waals surface area (Å²) >= 11 is 0. The smallest absolute Gasteiger partial charge is 0.407 e. The Labute approximate surface area is 104 Å². The van der Waals surface area contributed by atoms with Crippen molar-refractivity contribution in [2.24, 2.45) is 0 Å². The zero-order valence-electron chi connectivity index (χ0n) is 9.69. The Bertz CT molecular complexity index is 529. The van der Waals surface area contributed by atoms with E-state index in [9.17, 15) is 4.79 Å². The standard InChI is InChI=1S/C13H13N2O3/c16-10-18-13(17)12-8-14-6-7-15(12)9-11-4-2-1-3-5-11/h1-8,16H,9-10H2/q+1.